The lowest BCUT2D eigenvalue weighted by Crippen LogP contribution is -2.33. The number of nitrogen functional groups attached to an aromatic ring is 1. The molecule has 0 saturated carbocycles. The van der Waals surface area contributed by atoms with Crippen LogP contribution in [0.3, 0.4) is 0 Å². The van der Waals surface area contributed by atoms with E-state index in [1.807, 2.05) is 37.7 Å². The Labute approximate surface area is 120 Å². The summed E-state index contributed by atoms with van der Waals surface area (Å²) in [5.74, 6) is 2.52. The summed E-state index contributed by atoms with van der Waals surface area (Å²) in [5.41, 5.74) is 6.48. The molecule has 0 spiro atoms. The zero-order valence-corrected chi connectivity index (χ0v) is 13.3. The van der Waals surface area contributed by atoms with E-state index in [1.54, 1.807) is 0 Å². The minimum absolute atomic E-state index is 0.0727. The van der Waals surface area contributed by atoms with E-state index in [0.717, 1.165) is 18.0 Å². The van der Waals surface area contributed by atoms with Crippen molar-refractivity contribution in [2.45, 2.75) is 39.3 Å². The molecule has 0 aliphatic heterocycles. The molecule has 1 aromatic rings. The summed E-state index contributed by atoms with van der Waals surface area (Å²) >= 11 is 1.85. The Morgan fingerprint density at radius 3 is 2.63 bits per heavy atom. The summed E-state index contributed by atoms with van der Waals surface area (Å²) in [5, 5.41) is 0. The molecule has 0 bridgehead atoms. The molecular formula is C14H25N3OS. The van der Waals surface area contributed by atoms with E-state index in [1.165, 1.54) is 0 Å². The van der Waals surface area contributed by atoms with Crippen LogP contribution in [-0.2, 0) is 0 Å². The molecule has 0 aliphatic rings. The van der Waals surface area contributed by atoms with Crippen molar-refractivity contribution >= 4 is 23.3 Å². The van der Waals surface area contributed by atoms with Gasteiger partial charge in [0.2, 0.25) is 5.88 Å². The number of aromatic nitrogens is 1. The molecule has 108 valence electrons. The van der Waals surface area contributed by atoms with Crippen molar-refractivity contribution in [3.05, 3.63) is 12.1 Å². The number of nitrogens with zero attached hydrogens (tertiary/aromatic N) is 2. The minimum atomic E-state index is 0.0727. The second-order valence-corrected chi connectivity index (χ2v) is 5.77. The summed E-state index contributed by atoms with van der Waals surface area (Å²) in [6, 6.07) is 4.28. The number of hydrogen-bond acceptors (Lipinski definition) is 5. The number of thioether (sulfide) groups is 1. The van der Waals surface area contributed by atoms with Crippen LogP contribution in [0, 0.1) is 0 Å². The molecule has 0 amide bonds. The van der Waals surface area contributed by atoms with Crippen LogP contribution in [0.4, 0.5) is 11.5 Å². The molecule has 1 unspecified atom stereocenters. The van der Waals surface area contributed by atoms with Crippen LogP contribution in [-0.4, -0.2) is 36.2 Å². The first-order valence-electron chi connectivity index (χ1n) is 6.64. The van der Waals surface area contributed by atoms with Crippen molar-refractivity contribution in [3.8, 4) is 5.88 Å². The van der Waals surface area contributed by atoms with E-state index >= 15 is 0 Å². The molecule has 5 heteroatoms. The minimum Gasteiger partial charge on any atom is -0.473 e. The van der Waals surface area contributed by atoms with Crippen molar-refractivity contribution in [2.75, 3.05) is 29.7 Å². The lowest BCUT2D eigenvalue weighted by atomic mass is 10.2. The maximum Gasteiger partial charge on any atom is 0.239 e. The first-order chi connectivity index (χ1) is 8.99. The molecular weight excluding hydrogens is 258 g/mol. The first-order valence-corrected chi connectivity index (χ1v) is 8.03. The molecule has 0 aromatic carbocycles. The van der Waals surface area contributed by atoms with Gasteiger partial charge in [0.05, 0.1) is 11.8 Å². The van der Waals surface area contributed by atoms with Crippen molar-refractivity contribution in [2.24, 2.45) is 0 Å². The van der Waals surface area contributed by atoms with E-state index in [-0.39, 0.29) is 6.10 Å². The molecule has 1 atom stereocenters. The van der Waals surface area contributed by atoms with Crippen LogP contribution in [0.5, 0.6) is 5.88 Å². The number of nitrogens with two attached hydrogens (primary N) is 1. The predicted molar refractivity (Wildman–Crippen MR) is 85.3 cm³/mol. The molecule has 0 saturated heterocycles. The third-order valence-corrected chi connectivity index (χ3v) is 3.68. The second-order valence-electron chi connectivity index (χ2n) is 4.86. The van der Waals surface area contributed by atoms with E-state index in [2.05, 4.69) is 30.1 Å². The molecule has 1 aromatic heterocycles. The lowest BCUT2D eigenvalue weighted by Gasteiger charge is -2.28. The fraction of sp³-hybridized carbons (Fsp3) is 0.643. The number of hydrogen-bond donors (Lipinski definition) is 1. The van der Waals surface area contributed by atoms with Crippen LogP contribution in [0.25, 0.3) is 0 Å². The fourth-order valence-corrected chi connectivity index (χ4v) is 2.68. The normalized spacial score (nSPS) is 12.5. The Kier molecular flexibility index (Phi) is 6.28. The van der Waals surface area contributed by atoms with E-state index in [9.17, 15) is 0 Å². The van der Waals surface area contributed by atoms with Crippen LogP contribution in [0.2, 0.25) is 0 Å². The highest BCUT2D eigenvalue weighted by Crippen LogP contribution is 2.25. The highest BCUT2D eigenvalue weighted by atomic mass is 32.2. The second kappa shape index (κ2) is 7.48. The van der Waals surface area contributed by atoms with Gasteiger partial charge in [0, 0.05) is 18.8 Å². The van der Waals surface area contributed by atoms with Crippen LogP contribution in [0.15, 0.2) is 12.1 Å². The van der Waals surface area contributed by atoms with Gasteiger partial charge in [-0.25, -0.2) is 0 Å². The van der Waals surface area contributed by atoms with Crippen molar-refractivity contribution in [1.82, 2.24) is 4.98 Å². The standard InChI is InChI=1S/C14H25N3OS/c1-6-11(9-19-5)17(4)13-8-7-12(15)14(16-13)18-10(2)3/h7-8,10-11H,6,9,15H2,1-5H3. The molecule has 1 rings (SSSR count). The number of pyridine rings is 1. The molecule has 0 aliphatic carbocycles. The molecule has 4 nitrogen and oxygen atoms in total. The van der Waals surface area contributed by atoms with Crippen molar-refractivity contribution in [3.63, 3.8) is 0 Å². The van der Waals surface area contributed by atoms with Gasteiger partial charge in [0.25, 0.3) is 0 Å². The largest absolute Gasteiger partial charge is 0.473 e. The summed E-state index contributed by atoms with van der Waals surface area (Å²) in [6.07, 6.45) is 3.28. The smallest absolute Gasteiger partial charge is 0.239 e. The Hall–Kier alpha value is -1.10. The topological polar surface area (TPSA) is 51.4 Å². The van der Waals surface area contributed by atoms with E-state index < -0.39 is 0 Å². The number of rotatable bonds is 7. The molecule has 1 heterocycles. The Morgan fingerprint density at radius 1 is 1.42 bits per heavy atom. The van der Waals surface area contributed by atoms with Gasteiger partial charge in [-0.2, -0.15) is 16.7 Å². The summed E-state index contributed by atoms with van der Waals surface area (Å²) in [6.45, 7) is 6.14. The maximum absolute atomic E-state index is 5.90. The van der Waals surface area contributed by atoms with E-state index in [0.29, 0.717) is 17.6 Å². The van der Waals surface area contributed by atoms with Gasteiger partial charge in [-0.1, -0.05) is 6.92 Å². The zero-order valence-electron chi connectivity index (χ0n) is 12.5. The molecule has 0 fully saturated rings. The average molecular weight is 283 g/mol. The van der Waals surface area contributed by atoms with Crippen LogP contribution >= 0.6 is 11.8 Å². The van der Waals surface area contributed by atoms with Crippen LogP contribution < -0.4 is 15.4 Å². The predicted octanol–water partition coefficient (Wildman–Crippen LogP) is 3.03. The van der Waals surface area contributed by atoms with Crippen LogP contribution in [0.1, 0.15) is 27.2 Å². The highest BCUT2D eigenvalue weighted by Gasteiger charge is 2.16. The molecule has 19 heavy (non-hydrogen) atoms. The van der Waals surface area contributed by atoms with Crippen molar-refractivity contribution < 1.29 is 4.74 Å². The van der Waals surface area contributed by atoms with Gasteiger partial charge >= 0.3 is 0 Å². The van der Waals surface area contributed by atoms with Gasteiger partial charge in [0.1, 0.15) is 5.82 Å². The quantitative estimate of drug-likeness (QED) is 0.833. The fourth-order valence-electron chi connectivity index (χ4n) is 1.84. The average Bonchev–Trinajstić information content (AvgIpc) is 2.37. The monoisotopic (exact) mass is 283 g/mol. The Bertz CT molecular complexity index is 398. The molecule has 2 N–H and O–H groups in total. The Balaban J connectivity index is 2.93. The number of ether oxygens (including phenoxy) is 1. The molecule has 0 radical (unpaired) electrons. The highest BCUT2D eigenvalue weighted by molar-refractivity contribution is 7.98. The van der Waals surface area contributed by atoms with Gasteiger partial charge in [-0.05, 0) is 38.7 Å². The first kappa shape index (κ1) is 16.0. The SMILES string of the molecule is CCC(CSC)N(C)c1ccc(N)c(OC(C)C)n1. The van der Waals surface area contributed by atoms with E-state index in [4.69, 9.17) is 10.5 Å². The van der Waals surface area contributed by atoms with Gasteiger partial charge in [-0.15, -0.1) is 0 Å². The Morgan fingerprint density at radius 2 is 2.11 bits per heavy atom. The summed E-state index contributed by atoms with van der Waals surface area (Å²) < 4.78 is 5.64. The number of anilines is 2. The summed E-state index contributed by atoms with van der Waals surface area (Å²) in [7, 11) is 2.07. The lowest BCUT2D eigenvalue weighted by molar-refractivity contribution is 0.234. The third kappa shape index (κ3) is 4.49. The summed E-state index contributed by atoms with van der Waals surface area (Å²) in [4.78, 5) is 6.73. The van der Waals surface area contributed by atoms with Crippen molar-refractivity contribution in [1.29, 1.82) is 0 Å². The van der Waals surface area contributed by atoms with Gasteiger partial charge < -0.3 is 15.4 Å². The maximum atomic E-state index is 5.90. The third-order valence-electron chi connectivity index (χ3n) is 2.96. The zero-order chi connectivity index (χ0) is 14.4. The van der Waals surface area contributed by atoms with Gasteiger partial charge in [0.15, 0.2) is 0 Å². The van der Waals surface area contributed by atoms with Gasteiger partial charge in [-0.3, -0.25) is 0 Å².